The van der Waals surface area contributed by atoms with Crippen LogP contribution in [0.25, 0.3) is 28.0 Å². The second-order valence-electron chi connectivity index (χ2n) is 8.46. The third kappa shape index (κ3) is 4.14. The van der Waals surface area contributed by atoms with Crippen LogP contribution in [0, 0.1) is 0 Å². The summed E-state index contributed by atoms with van der Waals surface area (Å²) in [5.41, 5.74) is 6.32. The zero-order chi connectivity index (χ0) is 25.2. The molecular weight excluding hydrogens is 464 g/mol. The highest BCUT2D eigenvalue weighted by Crippen LogP contribution is 2.40. The molecule has 0 aliphatic carbocycles. The summed E-state index contributed by atoms with van der Waals surface area (Å²) in [6.45, 7) is 0. The summed E-state index contributed by atoms with van der Waals surface area (Å²) in [6, 6.07) is 27.3. The van der Waals surface area contributed by atoms with Gasteiger partial charge in [0.2, 0.25) is 5.95 Å². The Morgan fingerprint density at radius 2 is 1.46 bits per heavy atom. The Bertz CT molecular complexity index is 1600. The van der Waals surface area contributed by atoms with E-state index >= 15 is 0 Å². The number of methoxy groups -OCH3 is 1. The van der Waals surface area contributed by atoms with Gasteiger partial charge in [0.25, 0.3) is 5.91 Å². The van der Waals surface area contributed by atoms with Crippen LogP contribution in [0.5, 0.6) is 5.75 Å². The number of fused-ring (bicyclic) bond motifs is 1. The van der Waals surface area contributed by atoms with Crippen LogP contribution in [0.3, 0.4) is 0 Å². The molecule has 0 saturated heterocycles. The zero-order valence-corrected chi connectivity index (χ0v) is 20.0. The Morgan fingerprint density at radius 1 is 0.811 bits per heavy atom. The monoisotopic (exact) mass is 486 g/mol. The van der Waals surface area contributed by atoms with Crippen molar-refractivity contribution in [2.45, 2.75) is 6.42 Å². The molecule has 0 bridgehead atoms. The normalized spacial score (nSPS) is 12.8. The van der Waals surface area contributed by atoms with Gasteiger partial charge in [-0.2, -0.15) is 9.78 Å². The van der Waals surface area contributed by atoms with E-state index in [2.05, 4.69) is 20.3 Å². The minimum Gasteiger partial charge on any atom is -0.497 e. The number of carbonyl (C=O) groups excluding carboxylic acids is 1. The van der Waals surface area contributed by atoms with Crippen LogP contribution in [0.2, 0.25) is 0 Å². The van der Waals surface area contributed by atoms with E-state index < -0.39 is 0 Å². The molecule has 1 N–H and O–H groups in total. The van der Waals surface area contributed by atoms with Crippen LogP contribution >= 0.6 is 0 Å². The maximum atomic E-state index is 14.1. The van der Waals surface area contributed by atoms with Crippen molar-refractivity contribution >= 4 is 17.4 Å². The molecule has 37 heavy (non-hydrogen) atoms. The summed E-state index contributed by atoms with van der Waals surface area (Å²) in [5.74, 6) is 0.834. The maximum Gasteiger partial charge on any atom is 0.280 e. The molecule has 0 amide bonds. The molecule has 0 spiro atoms. The first-order valence-corrected chi connectivity index (χ1v) is 11.8. The molecule has 8 nitrogen and oxygen atoms in total. The number of carbonyl (C=O) groups is 1. The fourth-order valence-electron chi connectivity index (χ4n) is 4.58. The van der Waals surface area contributed by atoms with Crippen LogP contribution in [-0.2, 0) is 6.42 Å². The number of nitrogens with zero attached hydrogens (tertiary/aromatic N) is 5. The molecule has 3 heterocycles. The summed E-state index contributed by atoms with van der Waals surface area (Å²) in [5, 5.41) is 8.15. The van der Waals surface area contributed by atoms with Gasteiger partial charge in [-0.15, -0.1) is 0 Å². The van der Waals surface area contributed by atoms with Crippen molar-refractivity contribution in [3.8, 4) is 28.1 Å². The van der Waals surface area contributed by atoms with E-state index in [1.54, 1.807) is 7.11 Å². The quantitative estimate of drug-likeness (QED) is 0.355. The van der Waals surface area contributed by atoms with Crippen LogP contribution < -0.4 is 10.1 Å². The van der Waals surface area contributed by atoms with Crippen molar-refractivity contribution < 1.29 is 9.53 Å². The summed E-state index contributed by atoms with van der Waals surface area (Å²) >= 11 is 0. The highest BCUT2D eigenvalue weighted by molar-refractivity contribution is 6.23. The van der Waals surface area contributed by atoms with E-state index in [1.165, 1.54) is 17.3 Å². The molecule has 1 aliphatic heterocycles. The molecule has 5 aromatic rings. The number of benzene rings is 3. The molecule has 0 fully saturated rings. The van der Waals surface area contributed by atoms with Gasteiger partial charge in [0.1, 0.15) is 24.1 Å². The summed E-state index contributed by atoms with van der Waals surface area (Å²) in [6.07, 6.45) is 3.25. The van der Waals surface area contributed by atoms with E-state index in [9.17, 15) is 4.79 Å². The third-order valence-corrected chi connectivity index (χ3v) is 6.28. The summed E-state index contributed by atoms with van der Waals surface area (Å²) in [4.78, 5) is 26.5. The Morgan fingerprint density at radius 3 is 2.11 bits per heavy atom. The molecule has 6 rings (SSSR count). The molecule has 0 atom stereocenters. The SMILES string of the molecule is COc1ccc(C2=C(Nc3ncncn3)Cc3c(-c4ccccc4)c(-c4ccccc4)nn3C2=O)cc1. The molecule has 180 valence electrons. The number of hydrogen-bond donors (Lipinski definition) is 1. The first-order chi connectivity index (χ1) is 18.2. The highest BCUT2D eigenvalue weighted by atomic mass is 16.5. The van der Waals surface area contributed by atoms with E-state index in [4.69, 9.17) is 9.84 Å². The van der Waals surface area contributed by atoms with Crippen molar-refractivity contribution in [3.63, 3.8) is 0 Å². The van der Waals surface area contributed by atoms with E-state index in [0.29, 0.717) is 29.4 Å². The smallest absolute Gasteiger partial charge is 0.280 e. The van der Waals surface area contributed by atoms with Gasteiger partial charge in [0.05, 0.1) is 18.4 Å². The highest BCUT2D eigenvalue weighted by Gasteiger charge is 2.33. The Labute approximate surface area is 213 Å². The number of hydrogen-bond acceptors (Lipinski definition) is 7. The van der Waals surface area contributed by atoms with Gasteiger partial charge < -0.3 is 10.1 Å². The first-order valence-electron chi connectivity index (χ1n) is 11.8. The number of ether oxygens (including phenoxy) is 1. The standard InChI is InChI=1S/C29H22N6O2/c1-37-22-14-12-20(13-15-22)25-23(33-29-31-17-30-18-32-29)16-24-26(19-8-4-2-5-9-19)27(34-35(24)28(25)36)21-10-6-3-7-11-21/h2-15,17-18H,16H2,1H3,(H,30,31,32,33). The van der Waals surface area contributed by atoms with Gasteiger partial charge >= 0.3 is 0 Å². The fourth-order valence-corrected chi connectivity index (χ4v) is 4.58. The molecule has 8 heteroatoms. The number of rotatable bonds is 6. The lowest BCUT2D eigenvalue weighted by molar-refractivity contribution is 0.0958. The van der Waals surface area contributed by atoms with Gasteiger partial charge in [-0.05, 0) is 23.3 Å². The first kappa shape index (κ1) is 22.4. The average molecular weight is 487 g/mol. The largest absolute Gasteiger partial charge is 0.497 e. The van der Waals surface area contributed by atoms with E-state index in [-0.39, 0.29) is 5.91 Å². The second-order valence-corrected chi connectivity index (χ2v) is 8.46. The second kappa shape index (κ2) is 9.50. The van der Waals surface area contributed by atoms with Crippen molar-refractivity contribution in [2.24, 2.45) is 0 Å². The molecule has 0 unspecified atom stereocenters. The fraction of sp³-hybridized carbons (Fsp3) is 0.0690. The van der Waals surface area contributed by atoms with Crippen molar-refractivity contribution in [1.29, 1.82) is 0 Å². The Hall–Kier alpha value is -5.11. The minimum atomic E-state index is -0.234. The number of nitrogens with one attached hydrogen (secondary N) is 1. The average Bonchev–Trinajstić information content (AvgIpc) is 3.35. The van der Waals surface area contributed by atoms with Gasteiger partial charge in [0.15, 0.2) is 0 Å². The lowest BCUT2D eigenvalue weighted by atomic mass is 9.92. The van der Waals surface area contributed by atoms with Gasteiger partial charge in [-0.1, -0.05) is 72.8 Å². The summed E-state index contributed by atoms with van der Waals surface area (Å²) < 4.78 is 6.85. The van der Waals surface area contributed by atoms with Crippen molar-refractivity contribution in [3.05, 3.63) is 115 Å². The van der Waals surface area contributed by atoms with Crippen LogP contribution in [0.1, 0.15) is 16.1 Å². The van der Waals surface area contributed by atoms with Crippen molar-refractivity contribution in [2.75, 3.05) is 12.4 Å². The van der Waals surface area contributed by atoms with E-state index in [1.807, 2.05) is 84.9 Å². The van der Waals surface area contributed by atoms with E-state index in [0.717, 1.165) is 33.6 Å². The zero-order valence-electron chi connectivity index (χ0n) is 20.0. The van der Waals surface area contributed by atoms with Crippen LogP contribution in [0.4, 0.5) is 5.95 Å². The predicted molar refractivity (Wildman–Crippen MR) is 141 cm³/mol. The summed E-state index contributed by atoms with van der Waals surface area (Å²) in [7, 11) is 1.61. The van der Waals surface area contributed by atoms with Gasteiger partial charge in [0, 0.05) is 23.2 Å². The molecule has 1 aliphatic rings. The number of allylic oxidation sites excluding steroid dienone is 2. The van der Waals surface area contributed by atoms with Gasteiger partial charge in [-0.3, -0.25) is 4.79 Å². The molecule has 2 aromatic heterocycles. The third-order valence-electron chi connectivity index (χ3n) is 6.28. The topological polar surface area (TPSA) is 94.8 Å². The predicted octanol–water partition coefficient (Wildman–Crippen LogP) is 5.13. The molecule has 0 saturated carbocycles. The van der Waals surface area contributed by atoms with Crippen LogP contribution in [-0.4, -0.2) is 37.7 Å². The number of aromatic nitrogens is 5. The molecule has 0 radical (unpaired) electrons. The maximum absolute atomic E-state index is 14.1. The Kier molecular flexibility index (Phi) is 5.74. The minimum absolute atomic E-state index is 0.234. The molecular formula is C29H22N6O2. The van der Waals surface area contributed by atoms with Crippen LogP contribution in [0.15, 0.2) is 103 Å². The molecule has 3 aromatic carbocycles. The lowest BCUT2D eigenvalue weighted by Crippen LogP contribution is -2.27. The Balaban J connectivity index is 1.56. The van der Waals surface area contributed by atoms with Crippen molar-refractivity contribution in [1.82, 2.24) is 24.7 Å². The van der Waals surface area contributed by atoms with Gasteiger partial charge in [-0.25, -0.2) is 15.0 Å². The lowest BCUT2D eigenvalue weighted by Gasteiger charge is -2.22. The number of anilines is 1.